The van der Waals surface area contributed by atoms with Crippen LogP contribution in [0, 0.1) is 5.92 Å². The lowest BCUT2D eigenvalue weighted by Crippen LogP contribution is -2.53. The third kappa shape index (κ3) is 4.64. The number of fused-ring (bicyclic) bond motifs is 1. The number of aryl methyl sites for hydroxylation is 1. The molecule has 0 unspecified atom stereocenters. The van der Waals surface area contributed by atoms with Gasteiger partial charge in [0.15, 0.2) is 0 Å². The van der Waals surface area contributed by atoms with E-state index in [1.807, 2.05) is 28.0 Å². The predicted octanol–water partition coefficient (Wildman–Crippen LogP) is 2.50. The molecule has 0 aromatic heterocycles. The third-order valence-corrected chi connectivity index (χ3v) is 5.74. The fourth-order valence-electron chi connectivity index (χ4n) is 4.32. The van der Waals surface area contributed by atoms with Gasteiger partial charge in [-0.3, -0.25) is 9.59 Å². The number of likely N-dealkylation sites (tertiary alicyclic amines) is 2. The van der Waals surface area contributed by atoms with Crippen molar-refractivity contribution in [3.05, 3.63) is 35.9 Å². The van der Waals surface area contributed by atoms with Crippen LogP contribution >= 0.6 is 0 Å². The van der Waals surface area contributed by atoms with Crippen LogP contribution in [0.3, 0.4) is 0 Å². The maximum absolute atomic E-state index is 12.7. The van der Waals surface area contributed by atoms with Gasteiger partial charge in [0.2, 0.25) is 11.8 Å². The highest BCUT2D eigenvalue weighted by Crippen LogP contribution is 2.30. The maximum Gasteiger partial charge on any atom is 0.222 e. The number of nitrogens with zero attached hydrogens (tertiary/aromatic N) is 2. The van der Waals surface area contributed by atoms with Crippen molar-refractivity contribution < 1.29 is 14.3 Å². The number of rotatable bonds is 6. The van der Waals surface area contributed by atoms with E-state index in [4.69, 9.17) is 4.74 Å². The van der Waals surface area contributed by atoms with E-state index in [1.54, 1.807) is 7.11 Å². The summed E-state index contributed by atoms with van der Waals surface area (Å²) in [6.45, 7) is 2.79. The summed E-state index contributed by atoms with van der Waals surface area (Å²) in [5.41, 5.74) is 1.21. The molecule has 142 valence electrons. The van der Waals surface area contributed by atoms with E-state index in [-0.39, 0.29) is 17.9 Å². The lowest BCUT2D eigenvalue weighted by molar-refractivity contribution is -0.138. The van der Waals surface area contributed by atoms with Gasteiger partial charge in [0.1, 0.15) is 0 Å². The van der Waals surface area contributed by atoms with E-state index in [9.17, 15) is 9.59 Å². The molecule has 2 aliphatic heterocycles. The van der Waals surface area contributed by atoms with E-state index < -0.39 is 0 Å². The first-order valence-corrected chi connectivity index (χ1v) is 9.79. The van der Waals surface area contributed by atoms with Gasteiger partial charge in [0.05, 0.1) is 6.61 Å². The number of hydrogen-bond acceptors (Lipinski definition) is 3. The monoisotopic (exact) mass is 358 g/mol. The van der Waals surface area contributed by atoms with Gasteiger partial charge in [0.25, 0.3) is 0 Å². The van der Waals surface area contributed by atoms with Crippen LogP contribution in [0.15, 0.2) is 30.3 Å². The molecule has 1 aromatic carbocycles. The number of carbonyl (C=O) groups excluding carboxylic acids is 2. The summed E-state index contributed by atoms with van der Waals surface area (Å²) in [5.74, 6) is 0.887. The van der Waals surface area contributed by atoms with Crippen LogP contribution < -0.4 is 0 Å². The van der Waals surface area contributed by atoms with E-state index >= 15 is 0 Å². The van der Waals surface area contributed by atoms with Gasteiger partial charge >= 0.3 is 0 Å². The molecular weight excluding hydrogens is 328 g/mol. The third-order valence-electron chi connectivity index (χ3n) is 5.74. The molecule has 2 saturated heterocycles. The largest absolute Gasteiger partial charge is 0.383 e. The number of piperidine rings is 1. The number of hydrogen-bond donors (Lipinski definition) is 0. The molecule has 2 fully saturated rings. The zero-order valence-electron chi connectivity index (χ0n) is 15.7. The number of methoxy groups -OCH3 is 1. The molecule has 2 atom stereocenters. The summed E-state index contributed by atoms with van der Waals surface area (Å²) in [6, 6.07) is 10.4. The Morgan fingerprint density at radius 3 is 2.81 bits per heavy atom. The lowest BCUT2D eigenvalue weighted by atomic mass is 9.88. The van der Waals surface area contributed by atoms with Crippen molar-refractivity contribution in [2.75, 3.05) is 33.4 Å². The summed E-state index contributed by atoms with van der Waals surface area (Å²) >= 11 is 0. The summed E-state index contributed by atoms with van der Waals surface area (Å²) in [7, 11) is 1.67. The Kier molecular flexibility index (Phi) is 6.67. The van der Waals surface area contributed by atoms with Crippen molar-refractivity contribution in [3.63, 3.8) is 0 Å². The Morgan fingerprint density at radius 1 is 1.23 bits per heavy atom. The van der Waals surface area contributed by atoms with Crippen molar-refractivity contribution >= 4 is 11.8 Å². The Labute approximate surface area is 156 Å². The van der Waals surface area contributed by atoms with Crippen LogP contribution in [-0.2, 0) is 20.7 Å². The molecule has 2 aliphatic rings. The summed E-state index contributed by atoms with van der Waals surface area (Å²) in [4.78, 5) is 29.2. The Morgan fingerprint density at radius 2 is 2.04 bits per heavy atom. The van der Waals surface area contributed by atoms with Gasteiger partial charge in [-0.15, -0.1) is 0 Å². The molecule has 5 heteroatoms. The summed E-state index contributed by atoms with van der Waals surface area (Å²) < 4.78 is 5.19. The fraction of sp³-hybridized carbons (Fsp3) is 0.619. The maximum atomic E-state index is 12.7. The Hall–Kier alpha value is -1.88. The van der Waals surface area contributed by atoms with Gasteiger partial charge < -0.3 is 14.5 Å². The van der Waals surface area contributed by atoms with E-state index in [0.29, 0.717) is 31.9 Å². The van der Waals surface area contributed by atoms with Crippen LogP contribution in [0.4, 0.5) is 0 Å². The summed E-state index contributed by atoms with van der Waals surface area (Å²) in [5, 5.41) is 0. The Balaban J connectivity index is 1.57. The minimum atomic E-state index is 0.242. The van der Waals surface area contributed by atoms with Crippen molar-refractivity contribution in [1.82, 2.24) is 9.80 Å². The minimum absolute atomic E-state index is 0.242. The number of benzene rings is 1. The second kappa shape index (κ2) is 9.17. The van der Waals surface area contributed by atoms with Gasteiger partial charge in [0, 0.05) is 45.6 Å². The fourth-order valence-corrected chi connectivity index (χ4v) is 4.32. The molecule has 3 rings (SSSR count). The van der Waals surface area contributed by atoms with Crippen molar-refractivity contribution in [1.29, 1.82) is 0 Å². The van der Waals surface area contributed by atoms with E-state index in [1.165, 1.54) is 5.56 Å². The molecule has 0 radical (unpaired) electrons. The van der Waals surface area contributed by atoms with Gasteiger partial charge in [-0.2, -0.15) is 0 Å². The smallest absolute Gasteiger partial charge is 0.222 e. The van der Waals surface area contributed by atoms with E-state index in [2.05, 4.69) is 12.1 Å². The predicted molar refractivity (Wildman–Crippen MR) is 101 cm³/mol. The molecule has 0 N–H and O–H groups in total. The SMILES string of the molecule is COCCN1C(=O)CCC[C@H]2CN(C(=O)CCc3ccccc3)CC[C@H]21. The second-order valence-electron chi connectivity index (χ2n) is 7.41. The quantitative estimate of drug-likeness (QED) is 0.785. The summed E-state index contributed by atoms with van der Waals surface area (Å²) in [6.07, 6.45) is 4.82. The first-order chi connectivity index (χ1) is 12.7. The standard InChI is InChI=1S/C21H30N2O3/c1-26-15-14-23-19-12-13-22(16-18(19)8-5-9-21(23)25)20(24)11-10-17-6-3-2-4-7-17/h2-4,6-7,18-19H,5,8-16H2,1H3/t18-,19+/m0/s1. The zero-order valence-corrected chi connectivity index (χ0v) is 15.7. The van der Waals surface area contributed by atoms with Crippen LogP contribution in [-0.4, -0.2) is 61.0 Å². The van der Waals surface area contributed by atoms with Gasteiger partial charge in [-0.1, -0.05) is 30.3 Å². The molecule has 26 heavy (non-hydrogen) atoms. The van der Waals surface area contributed by atoms with Crippen LogP contribution in [0.2, 0.25) is 0 Å². The molecule has 1 aromatic rings. The average molecular weight is 358 g/mol. The number of carbonyl (C=O) groups is 2. The average Bonchev–Trinajstić information content (AvgIpc) is 2.83. The lowest BCUT2D eigenvalue weighted by Gasteiger charge is -2.42. The Bertz CT molecular complexity index is 605. The van der Waals surface area contributed by atoms with Crippen molar-refractivity contribution in [3.8, 4) is 0 Å². The van der Waals surface area contributed by atoms with Crippen LogP contribution in [0.5, 0.6) is 0 Å². The molecule has 2 amide bonds. The number of amides is 2. The number of ether oxygens (including phenoxy) is 1. The normalized spacial score (nSPS) is 23.5. The van der Waals surface area contributed by atoms with Crippen LogP contribution in [0.25, 0.3) is 0 Å². The van der Waals surface area contributed by atoms with Crippen LogP contribution in [0.1, 0.15) is 37.7 Å². The minimum Gasteiger partial charge on any atom is -0.383 e. The molecule has 0 spiro atoms. The van der Waals surface area contributed by atoms with Gasteiger partial charge in [-0.05, 0) is 37.2 Å². The molecule has 5 nitrogen and oxygen atoms in total. The van der Waals surface area contributed by atoms with E-state index in [0.717, 1.165) is 38.8 Å². The first-order valence-electron chi connectivity index (χ1n) is 9.79. The molecule has 2 heterocycles. The highest BCUT2D eigenvalue weighted by atomic mass is 16.5. The molecular formula is C21H30N2O3. The van der Waals surface area contributed by atoms with Crippen molar-refractivity contribution in [2.24, 2.45) is 5.92 Å². The highest BCUT2D eigenvalue weighted by Gasteiger charge is 2.38. The van der Waals surface area contributed by atoms with Gasteiger partial charge in [-0.25, -0.2) is 0 Å². The molecule has 0 saturated carbocycles. The zero-order chi connectivity index (χ0) is 18.4. The molecule has 0 bridgehead atoms. The molecule has 0 aliphatic carbocycles. The second-order valence-corrected chi connectivity index (χ2v) is 7.41. The highest BCUT2D eigenvalue weighted by molar-refractivity contribution is 5.78. The first kappa shape index (κ1) is 18.9. The van der Waals surface area contributed by atoms with Crippen molar-refractivity contribution in [2.45, 2.75) is 44.6 Å². The topological polar surface area (TPSA) is 49.9 Å².